The first kappa shape index (κ1) is 8.74. The number of benzene rings is 1. The van der Waals surface area contributed by atoms with Crippen molar-refractivity contribution in [3.8, 4) is 0 Å². The summed E-state index contributed by atoms with van der Waals surface area (Å²) < 4.78 is 0. The third kappa shape index (κ3) is 2.07. The lowest BCUT2D eigenvalue weighted by atomic mass is 10.1. The monoisotopic (exact) mass is 164 g/mol. The number of hydrogen-bond acceptors (Lipinski definition) is 3. The average molecular weight is 164 g/mol. The zero-order valence-electron chi connectivity index (χ0n) is 6.73. The van der Waals surface area contributed by atoms with Crippen molar-refractivity contribution in [2.75, 3.05) is 5.73 Å². The van der Waals surface area contributed by atoms with E-state index in [9.17, 15) is 4.79 Å². The highest BCUT2D eigenvalue weighted by atomic mass is 16.1. The van der Waals surface area contributed by atoms with E-state index in [1.54, 1.807) is 6.07 Å². The summed E-state index contributed by atoms with van der Waals surface area (Å²) in [6, 6.07) is 6.95. The standard InChI is InChI=1S/C9H12N2O/c10-8(6-12)5-7-3-1-2-4-9(7)11/h1-4,6,8H,5,10-11H2/t8-/m0/s1. The summed E-state index contributed by atoms with van der Waals surface area (Å²) in [5, 5.41) is 0. The zero-order chi connectivity index (χ0) is 8.97. The van der Waals surface area contributed by atoms with Crippen molar-refractivity contribution in [3.63, 3.8) is 0 Å². The minimum absolute atomic E-state index is 0.449. The van der Waals surface area contributed by atoms with Crippen molar-refractivity contribution in [3.05, 3.63) is 29.8 Å². The van der Waals surface area contributed by atoms with Crippen LogP contribution >= 0.6 is 0 Å². The van der Waals surface area contributed by atoms with Gasteiger partial charge in [0.15, 0.2) is 0 Å². The summed E-state index contributed by atoms with van der Waals surface area (Å²) in [6.45, 7) is 0. The molecule has 0 spiro atoms. The molecule has 12 heavy (non-hydrogen) atoms. The Morgan fingerprint density at radius 2 is 2.08 bits per heavy atom. The molecule has 0 unspecified atom stereocenters. The van der Waals surface area contributed by atoms with Gasteiger partial charge in [0.1, 0.15) is 6.29 Å². The molecular formula is C9H12N2O. The van der Waals surface area contributed by atoms with Gasteiger partial charge in [-0.05, 0) is 18.1 Å². The predicted octanol–water partition coefficient (Wildman–Crippen LogP) is 0.338. The van der Waals surface area contributed by atoms with Gasteiger partial charge < -0.3 is 16.3 Å². The van der Waals surface area contributed by atoms with Crippen LogP contribution in [-0.4, -0.2) is 12.3 Å². The van der Waals surface area contributed by atoms with E-state index in [-0.39, 0.29) is 0 Å². The van der Waals surface area contributed by atoms with Crippen LogP contribution in [-0.2, 0) is 11.2 Å². The molecule has 4 N–H and O–H groups in total. The molecule has 1 atom stereocenters. The second kappa shape index (κ2) is 3.88. The van der Waals surface area contributed by atoms with Crippen LogP contribution in [0.25, 0.3) is 0 Å². The van der Waals surface area contributed by atoms with Crippen LogP contribution in [0.3, 0.4) is 0 Å². The van der Waals surface area contributed by atoms with Crippen LogP contribution in [0, 0.1) is 0 Å². The summed E-state index contributed by atoms with van der Waals surface area (Å²) in [7, 11) is 0. The fraction of sp³-hybridized carbons (Fsp3) is 0.222. The number of nitrogen functional groups attached to an aromatic ring is 1. The van der Waals surface area contributed by atoms with Crippen molar-refractivity contribution in [2.45, 2.75) is 12.5 Å². The molecule has 0 amide bonds. The second-order valence-electron chi connectivity index (χ2n) is 2.70. The Morgan fingerprint density at radius 3 is 2.67 bits per heavy atom. The number of para-hydroxylation sites is 1. The molecule has 1 aromatic rings. The highest BCUT2D eigenvalue weighted by Crippen LogP contribution is 2.11. The molecule has 0 radical (unpaired) electrons. The van der Waals surface area contributed by atoms with Crippen LogP contribution in [0.15, 0.2) is 24.3 Å². The fourth-order valence-electron chi connectivity index (χ4n) is 1.02. The largest absolute Gasteiger partial charge is 0.399 e. The van der Waals surface area contributed by atoms with Crippen molar-refractivity contribution in [1.82, 2.24) is 0 Å². The summed E-state index contributed by atoms with van der Waals surface area (Å²) in [5.74, 6) is 0. The van der Waals surface area contributed by atoms with Gasteiger partial charge in [0.25, 0.3) is 0 Å². The van der Waals surface area contributed by atoms with E-state index in [0.717, 1.165) is 11.8 Å². The first-order valence-corrected chi connectivity index (χ1v) is 3.78. The number of anilines is 1. The number of rotatable bonds is 3. The lowest BCUT2D eigenvalue weighted by Crippen LogP contribution is -2.24. The fourth-order valence-corrected chi connectivity index (χ4v) is 1.02. The van der Waals surface area contributed by atoms with E-state index in [1.807, 2.05) is 18.2 Å². The molecule has 0 aliphatic heterocycles. The lowest BCUT2D eigenvalue weighted by molar-refractivity contribution is -0.108. The van der Waals surface area contributed by atoms with Gasteiger partial charge in [-0.15, -0.1) is 0 Å². The van der Waals surface area contributed by atoms with Crippen molar-refractivity contribution in [2.24, 2.45) is 5.73 Å². The van der Waals surface area contributed by atoms with E-state index in [2.05, 4.69) is 0 Å². The van der Waals surface area contributed by atoms with Gasteiger partial charge in [-0.3, -0.25) is 0 Å². The van der Waals surface area contributed by atoms with Gasteiger partial charge in [0, 0.05) is 5.69 Å². The average Bonchev–Trinajstić information content (AvgIpc) is 2.09. The van der Waals surface area contributed by atoms with E-state index in [0.29, 0.717) is 12.1 Å². The number of nitrogens with two attached hydrogens (primary N) is 2. The first-order chi connectivity index (χ1) is 5.74. The lowest BCUT2D eigenvalue weighted by Gasteiger charge is -2.06. The Morgan fingerprint density at radius 1 is 1.42 bits per heavy atom. The van der Waals surface area contributed by atoms with E-state index < -0.39 is 6.04 Å². The first-order valence-electron chi connectivity index (χ1n) is 3.78. The van der Waals surface area contributed by atoms with Gasteiger partial charge in [0.05, 0.1) is 6.04 Å². The number of hydrogen-bond donors (Lipinski definition) is 2. The molecule has 0 aliphatic carbocycles. The Hall–Kier alpha value is -1.35. The normalized spacial score (nSPS) is 12.4. The molecule has 3 heteroatoms. The minimum atomic E-state index is -0.449. The molecule has 3 nitrogen and oxygen atoms in total. The third-order valence-electron chi connectivity index (χ3n) is 1.69. The molecule has 1 rings (SSSR count). The van der Waals surface area contributed by atoms with Crippen LogP contribution in [0.1, 0.15) is 5.56 Å². The molecule has 64 valence electrons. The third-order valence-corrected chi connectivity index (χ3v) is 1.69. The number of carbonyl (C=O) groups is 1. The van der Waals surface area contributed by atoms with E-state index in [1.165, 1.54) is 0 Å². The Labute approximate surface area is 71.4 Å². The molecule has 0 bridgehead atoms. The molecule has 0 fully saturated rings. The molecule has 1 aromatic carbocycles. The van der Waals surface area contributed by atoms with Gasteiger partial charge in [-0.2, -0.15) is 0 Å². The summed E-state index contributed by atoms with van der Waals surface area (Å²) in [6.07, 6.45) is 1.24. The number of carbonyl (C=O) groups excluding carboxylic acids is 1. The second-order valence-corrected chi connectivity index (χ2v) is 2.70. The SMILES string of the molecule is Nc1ccccc1C[C@H](N)C=O. The smallest absolute Gasteiger partial charge is 0.137 e. The van der Waals surface area contributed by atoms with Crippen LogP contribution in [0.5, 0.6) is 0 Å². The van der Waals surface area contributed by atoms with Crippen molar-refractivity contribution >= 4 is 12.0 Å². The topological polar surface area (TPSA) is 69.1 Å². The molecule has 0 saturated heterocycles. The Bertz CT molecular complexity index is 273. The van der Waals surface area contributed by atoms with Crippen LogP contribution in [0.4, 0.5) is 5.69 Å². The molecular weight excluding hydrogens is 152 g/mol. The van der Waals surface area contributed by atoms with E-state index in [4.69, 9.17) is 11.5 Å². The molecule has 0 heterocycles. The zero-order valence-corrected chi connectivity index (χ0v) is 6.73. The van der Waals surface area contributed by atoms with Crippen LogP contribution in [0.2, 0.25) is 0 Å². The molecule has 0 saturated carbocycles. The maximum atomic E-state index is 10.3. The van der Waals surface area contributed by atoms with E-state index >= 15 is 0 Å². The summed E-state index contributed by atoms with van der Waals surface area (Å²) >= 11 is 0. The van der Waals surface area contributed by atoms with Crippen molar-refractivity contribution in [1.29, 1.82) is 0 Å². The predicted molar refractivity (Wildman–Crippen MR) is 48.6 cm³/mol. The minimum Gasteiger partial charge on any atom is -0.399 e. The highest BCUT2D eigenvalue weighted by molar-refractivity contribution is 5.59. The quantitative estimate of drug-likeness (QED) is 0.500. The molecule has 0 aromatic heterocycles. The number of aldehydes is 1. The summed E-state index contributed by atoms with van der Waals surface area (Å²) in [4.78, 5) is 10.3. The molecule has 0 aliphatic rings. The van der Waals surface area contributed by atoms with Gasteiger partial charge in [0.2, 0.25) is 0 Å². The maximum absolute atomic E-state index is 10.3. The van der Waals surface area contributed by atoms with Gasteiger partial charge >= 0.3 is 0 Å². The summed E-state index contributed by atoms with van der Waals surface area (Å²) in [5.41, 5.74) is 12.7. The van der Waals surface area contributed by atoms with Gasteiger partial charge in [-0.1, -0.05) is 18.2 Å². The van der Waals surface area contributed by atoms with Crippen LogP contribution < -0.4 is 11.5 Å². The Balaban J connectivity index is 2.75. The van der Waals surface area contributed by atoms with Crippen molar-refractivity contribution < 1.29 is 4.79 Å². The highest BCUT2D eigenvalue weighted by Gasteiger charge is 2.03. The Kier molecular flexibility index (Phi) is 2.82. The maximum Gasteiger partial charge on any atom is 0.137 e. The van der Waals surface area contributed by atoms with Gasteiger partial charge in [-0.25, -0.2) is 0 Å².